The molecule has 66 valence electrons. The van der Waals surface area contributed by atoms with Crippen LogP contribution in [0.2, 0.25) is 0 Å². The molecule has 0 radical (unpaired) electrons. The van der Waals surface area contributed by atoms with Gasteiger partial charge in [0.25, 0.3) is 0 Å². The van der Waals surface area contributed by atoms with Gasteiger partial charge < -0.3 is 0 Å². The smallest absolute Gasteiger partial charge is 0.0418 e. The van der Waals surface area contributed by atoms with Crippen LogP contribution >= 0.6 is 25.6 Å². The normalized spacial score (nSPS) is 24.0. The van der Waals surface area contributed by atoms with Crippen molar-refractivity contribution < 1.29 is 0 Å². The Hall–Kier alpha value is 0.660. The lowest BCUT2D eigenvalue weighted by atomic mass is 9.81. The Morgan fingerprint density at radius 1 is 1.18 bits per heavy atom. The predicted octanol–water partition coefficient (Wildman–Crippen LogP) is 3.09. The highest BCUT2D eigenvalue weighted by atomic mass is 32.2. The minimum atomic E-state index is 0.282. The van der Waals surface area contributed by atoms with Crippen LogP contribution in [0.15, 0.2) is 0 Å². The Labute approximate surface area is 80.6 Å². The lowest BCUT2D eigenvalue weighted by molar-refractivity contribution is 0.208. The van der Waals surface area contributed by atoms with Crippen molar-refractivity contribution >= 4 is 25.6 Å². The molecule has 0 atom stereocenters. The van der Waals surface area contributed by atoms with E-state index in [1.807, 2.05) is 3.71 Å². The molecule has 0 N–H and O–H groups in total. The van der Waals surface area contributed by atoms with E-state index in [9.17, 15) is 0 Å². The topological polar surface area (TPSA) is 3.24 Å². The van der Waals surface area contributed by atoms with Crippen molar-refractivity contribution in [3.8, 4) is 0 Å². The fourth-order valence-electron chi connectivity index (χ4n) is 1.90. The molecular formula is C8H17NS2. The standard InChI is InChI=1S/C8H17NS2/c1-2-8(9(10)11)6-4-3-5-7-8/h10-11H,2-7H2,1H3. The van der Waals surface area contributed by atoms with Gasteiger partial charge in [0.05, 0.1) is 0 Å². The summed E-state index contributed by atoms with van der Waals surface area (Å²) in [5.74, 6) is 0. The van der Waals surface area contributed by atoms with Gasteiger partial charge in [-0.1, -0.05) is 51.8 Å². The van der Waals surface area contributed by atoms with E-state index in [4.69, 9.17) is 0 Å². The van der Waals surface area contributed by atoms with Crippen LogP contribution in [0.5, 0.6) is 0 Å². The van der Waals surface area contributed by atoms with Crippen LogP contribution in [-0.2, 0) is 0 Å². The Morgan fingerprint density at radius 2 is 1.73 bits per heavy atom. The highest BCUT2D eigenvalue weighted by Crippen LogP contribution is 2.38. The summed E-state index contributed by atoms with van der Waals surface area (Å²) in [6.45, 7) is 2.23. The fourth-order valence-corrected chi connectivity index (χ4v) is 2.59. The average molecular weight is 191 g/mol. The third-order valence-corrected chi connectivity index (χ3v) is 3.72. The first-order chi connectivity index (χ1) is 5.21. The Balaban J connectivity index is 2.57. The van der Waals surface area contributed by atoms with E-state index in [-0.39, 0.29) is 5.54 Å². The van der Waals surface area contributed by atoms with Gasteiger partial charge in [-0.15, -0.1) is 0 Å². The molecule has 0 bridgehead atoms. The van der Waals surface area contributed by atoms with Gasteiger partial charge >= 0.3 is 0 Å². The van der Waals surface area contributed by atoms with Crippen molar-refractivity contribution in [2.75, 3.05) is 0 Å². The summed E-state index contributed by atoms with van der Waals surface area (Å²) in [7, 11) is 0. The van der Waals surface area contributed by atoms with Gasteiger partial charge in [-0.3, -0.25) is 0 Å². The van der Waals surface area contributed by atoms with E-state index in [2.05, 4.69) is 32.6 Å². The predicted molar refractivity (Wildman–Crippen MR) is 55.9 cm³/mol. The molecule has 0 aromatic heterocycles. The molecule has 1 aliphatic carbocycles. The average Bonchev–Trinajstić information content (AvgIpc) is 2.05. The van der Waals surface area contributed by atoms with E-state index in [1.54, 1.807) is 0 Å². The summed E-state index contributed by atoms with van der Waals surface area (Å²) in [4.78, 5) is 0. The van der Waals surface area contributed by atoms with Crippen molar-refractivity contribution in [1.82, 2.24) is 3.71 Å². The van der Waals surface area contributed by atoms with E-state index in [0.717, 1.165) is 0 Å². The molecule has 3 heteroatoms. The monoisotopic (exact) mass is 191 g/mol. The molecule has 1 aliphatic rings. The highest BCUT2D eigenvalue weighted by molar-refractivity contribution is 7.93. The van der Waals surface area contributed by atoms with Gasteiger partial charge in [0.1, 0.15) is 0 Å². The molecular weight excluding hydrogens is 174 g/mol. The molecule has 0 heterocycles. The lowest BCUT2D eigenvalue weighted by Gasteiger charge is -2.40. The minimum absolute atomic E-state index is 0.282. The van der Waals surface area contributed by atoms with Crippen LogP contribution in [0.4, 0.5) is 0 Å². The second-order valence-electron chi connectivity index (χ2n) is 3.43. The van der Waals surface area contributed by atoms with Gasteiger partial charge in [-0.25, -0.2) is 0 Å². The molecule has 1 saturated carbocycles. The summed E-state index contributed by atoms with van der Waals surface area (Å²) in [5, 5.41) is 0. The quantitative estimate of drug-likeness (QED) is 0.634. The van der Waals surface area contributed by atoms with Gasteiger partial charge in [-0.05, 0) is 19.3 Å². The van der Waals surface area contributed by atoms with Crippen LogP contribution in [0.1, 0.15) is 45.4 Å². The SMILES string of the molecule is CCC1(N(S)S)CCCCC1. The zero-order valence-corrected chi connectivity index (χ0v) is 8.87. The maximum Gasteiger partial charge on any atom is 0.0418 e. The van der Waals surface area contributed by atoms with Crippen molar-refractivity contribution in [2.45, 2.75) is 51.0 Å². The zero-order chi connectivity index (χ0) is 8.32. The molecule has 0 amide bonds. The number of hydrogen-bond acceptors (Lipinski definition) is 3. The largest absolute Gasteiger partial charge is 0.194 e. The third-order valence-electron chi connectivity index (χ3n) is 2.87. The summed E-state index contributed by atoms with van der Waals surface area (Å²) < 4.78 is 1.83. The van der Waals surface area contributed by atoms with Crippen molar-refractivity contribution in [2.24, 2.45) is 0 Å². The molecule has 0 spiro atoms. The first-order valence-corrected chi connectivity index (χ1v) is 5.19. The minimum Gasteiger partial charge on any atom is -0.194 e. The number of thiol groups is 2. The van der Waals surface area contributed by atoms with Crippen LogP contribution < -0.4 is 0 Å². The van der Waals surface area contributed by atoms with Gasteiger partial charge in [0, 0.05) is 5.54 Å². The Kier molecular flexibility index (Phi) is 3.59. The molecule has 1 fully saturated rings. The van der Waals surface area contributed by atoms with E-state index < -0.39 is 0 Å². The molecule has 0 aromatic carbocycles. The van der Waals surface area contributed by atoms with Crippen molar-refractivity contribution in [3.63, 3.8) is 0 Å². The Morgan fingerprint density at radius 3 is 2.00 bits per heavy atom. The maximum atomic E-state index is 4.30. The van der Waals surface area contributed by atoms with E-state index in [0.29, 0.717) is 0 Å². The van der Waals surface area contributed by atoms with Crippen LogP contribution in [0.25, 0.3) is 0 Å². The highest BCUT2D eigenvalue weighted by Gasteiger charge is 2.33. The summed E-state index contributed by atoms with van der Waals surface area (Å²) in [6, 6.07) is 0. The third kappa shape index (κ3) is 2.07. The maximum absolute atomic E-state index is 4.30. The second kappa shape index (κ2) is 4.06. The summed E-state index contributed by atoms with van der Waals surface area (Å²) in [6.07, 6.45) is 7.75. The molecule has 0 aromatic rings. The molecule has 0 unspecified atom stereocenters. The van der Waals surface area contributed by atoms with E-state index in [1.165, 1.54) is 38.5 Å². The van der Waals surface area contributed by atoms with Crippen molar-refractivity contribution in [3.05, 3.63) is 0 Å². The fraction of sp³-hybridized carbons (Fsp3) is 1.00. The second-order valence-corrected chi connectivity index (χ2v) is 4.54. The Bertz CT molecular complexity index is 119. The van der Waals surface area contributed by atoms with Gasteiger partial charge in [0.15, 0.2) is 0 Å². The van der Waals surface area contributed by atoms with Gasteiger partial charge in [0.2, 0.25) is 0 Å². The molecule has 0 aliphatic heterocycles. The molecule has 0 saturated heterocycles. The zero-order valence-electron chi connectivity index (χ0n) is 7.08. The molecule has 11 heavy (non-hydrogen) atoms. The number of nitrogens with zero attached hydrogens (tertiary/aromatic N) is 1. The summed E-state index contributed by atoms with van der Waals surface area (Å²) >= 11 is 8.61. The van der Waals surface area contributed by atoms with E-state index >= 15 is 0 Å². The van der Waals surface area contributed by atoms with Gasteiger partial charge in [-0.2, -0.15) is 3.71 Å². The first kappa shape index (κ1) is 9.75. The van der Waals surface area contributed by atoms with Crippen LogP contribution in [-0.4, -0.2) is 9.25 Å². The first-order valence-electron chi connectivity index (χ1n) is 4.39. The van der Waals surface area contributed by atoms with Crippen LogP contribution in [0.3, 0.4) is 0 Å². The lowest BCUT2D eigenvalue weighted by Crippen LogP contribution is -2.39. The van der Waals surface area contributed by atoms with Crippen molar-refractivity contribution in [1.29, 1.82) is 0 Å². The molecule has 1 nitrogen and oxygen atoms in total. The molecule has 1 rings (SSSR count). The summed E-state index contributed by atoms with van der Waals surface area (Å²) in [5.41, 5.74) is 0.282. The van der Waals surface area contributed by atoms with Crippen LogP contribution in [0, 0.1) is 0 Å². The number of rotatable bonds is 2. The number of hydrogen-bond donors (Lipinski definition) is 2.